The number of hydrogen-bond acceptors (Lipinski definition) is 4. The predicted octanol–water partition coefficient (Wildman–Crippen LogP) is -0.360. The lowest BCUT2D eigenvalue weighted by atomic mass is 10.5. The first-order valence-electron chi connectivity index (χ1n) is 4.74. The van der Waals surface area contributed by atoms with Gasteiger partial charge in [0.15, 0.2) is 5.03 Å². The molecule has 6 nitrogen and oxygen atoms in total. The highest BCUT2D eigenvalue weighted by Gasteiger charge is 2.14. The monoisotopic (exact) mass is 232 g/mol. The summed E-state index contributed by atoms with van der Waals surface area (Å²) in [6.45, 7) is 3.99. The van der Waals surface area contributed by atoms with E-state index in [1.165, 1.54) is 12.3 Å². The standard InChI is InChI=1S/C8H16N4O2S/c1-3-12(2)7-6-10-15(13,14)8-4-5-9-11-8/h4-5,10H,3,6-7H2,1-2H3,(H,9,11). The van der Waals surface area contributed by atoms with E-state index in [1.807, 2.05) is 18.9 Å². The van der Waals surface area contributed by atoms with Crippen LogP contribution in [0, 0.1) is 0 Å². The van der Waals surface area contributed by atoms with Crippen molar-refractivity contribution in [2.45, 2.75) is 11.9 Å². The number of nitrogens with zero attached hydrogens (tertiary/aromatic N) is 2. The molecule has 1 rings (SSSR count). The van der Waals surface area contributed by atoms with E-state index in [0.29, 0.717) is 13.1 Å². The summed E-state index contributed by atoms with van der Waals surface area (Å²) in [6.07, 6.45) is 1.41. The van der Waals surface area contributed by atoms with Crippen molar-refractivity contribution in [3.05, 3.63) is 12.3 Å². The van der Waals surface area contributed by atoms with Gasteiger partial charge in [-0.05, 0) is 19.7 Å². The first-order chi connectivity index (χ1) is 7.06. The third kappa shape index (κ3) is 3.61. The van der Waals surface area contributed by atoms with E-state index >= 15 is 0 Å². The maximum atomic E-state index is 11.6. The minimum absolute atomic E-state index is 0.0988. The molecule has 0 aliphatic heterocycles. The van der Waals surface area contributed by atoms with Crippen LogP contribution in [0.15, 0.2) is 17.3 Å². The quantitative estimate of drug-likeness (QED) is 0.702. The number of hydrogen-bond donors (Lipinski definition) is 2. The highest BCUT2D eigenvalue weighted by atomic mass is 32.2. The Morgan fingerprint density at radius 3 is 2.87 bits per heavy atom. The number of aromatic nitrogens is 2. The lowest BCUT2D eigenvalue weighted by molar-refractivity contribution is 0.358. The van der Waals surface area contributed by atoms with Crippen LogP contribution in [0.1, 0.15) is 6.92 Å². The van der Waals surface area contributed by atoms with Crippen LogP contribution in [0.4, 0.5) is 0 Å². The van der Waals surface area contributed by atoms with Crippen molar-refractivity contribution in [3.63, 3.8) is 0 Å². The maximum absolute atomic E-state index is 11.6. The van der Waals surface area contributed by atoms with Crippen LogP contribution < -0.4 is 4.72 Å². The molecule has 7 heteroatoms. The predicted molar refractivity (Wildman–Crippen MR) is 56.9 cm³/mol. The van der Waals surface area contributed by atoms with Gasteiger partial charge in [-0.2, -0.15) is 5.10 Å². The van der Waals surface area contributed by atoms with E-state index in [9.17, 15) is 8.42 Å². The molecule has 0 saturated carbocycles. The topological polar surface area (TPSA) is 78.1 Å². The fraction of sp³-hybridized carbons (Fsp3) is 0.625. The SMILES string of the molecule is CCN(C)CCNS(=O)(=O)c1ccn[nH]1. The Labute approximate surface area is 89.7 Å². The summed E-state index contributed by atoms with van der Waals surface area (Å²) in [5, 5.41) is 6.11. The van der Waals surface area contributed by atoms with Crippen LogP contribution in [-0.4, -0.2) is 50.2 Å². The highest BCUT2D eigenvalue weighted by molar-refractivity contribution is 7.89. The summed E-state index contributed by atoms with van der Waals surface area (Å²) >= 11 is 0. The molecule has 0 saturated heterocycles. The van der Waals surface area contributed by atoms with Crippen molar-refractivity contribution in [3.8, 4) is 0 Å². The second-order valence-electron chi connectivity index (χ2n) is 3.21. The van der Waals surface area contributed by atoms with Crippen molar-refractivity contribution in [2.75, 3.05) is 26.7 Å². The summed E-state index contributed by atoms with van der Waals surface area (Å²) in [6, 6.07) is 1.42. The van der Waals surface area contributed by atoms with Crippen LogP contribution in [0.3, 0.4) is 0 Å². The Morgan fingerprint density at radius 2 is 2.33 bits per heavy atom. The summed E-state index contributed by atoms with van der Waals surface area (Å²) in [4.78, 5) is 2.02. The van der Waals surface area contributed by atoms with Crippen molar-refractivity contribution in [1.29, 1.82) is 0 Å². The molecule has 15 heavy (non-hydrogen) atoms. The van der Waals surface area contributed by atoms with Gasteiger partial charge in [-0.1, -0.05) is 6.92 Å². The molecule has 0 aromatic carbocycles. The highest BCUT2D eigenvalue weighted by Crippen LogP contribution is 2.01. The molecule has 0 aliphatic rings. The van der Waals surface area contributed by atoms with Gasteiger partial charge in [0.05, 0.1) is 6.20 Å². The van der Waals surface area contributed by atoms with Crippen LogP contribution in [-0.2, 0) is 10.0 Å². The van der Waals surface area contributed by atoms with Crippen LogP contribution in [0.25, 0.3) is 0 Å². The van der Waals surface area contributed by atoms with Gasteiger partial charge in [-0.25, -0.2) is 13.1 Å². The van der Waals surface area contributed by atoms with Gasteiger partial charge in [-0.3, -0.25) is 5.10 Å². The minimum atomic E-state index is -3.42. The van der Waals surface area contributed by atoms with E-state index < -0.39 is 10.0 Å². The third-order valence-corrected chi connectivity index (χ3v) is 3.48. The molecule has 0 fully saturated rings. The third-order valence-electron chi connectivity index (χ3n) is 2.09. The van der Waals surface area contributed by atoms with Crippen molar-refractivity contribution >= 4 is 10.0 Å². The Hall–Kier alpha value is -0.920. The molecular weight excluding hydrogens is 216 g/mol. The fourth-order valence-corrected chi connectivity index (χ4v) is 1.93. The summed E-state index contributed by atoms with van der Waals surface area (Å²) < 4.78 is 25.6. The molecule has 1 heterocycles. The molecule has 86 valence electrons. The van der Waals surface area contributed by atoms with Gasteiger partial charge in [-0.15, -0.1) is 0 Å². The fourth-order valence-electron chi connectivity index (χ4n) is 1.000. The summed E-state index contributed by atoms with van der Waals surface area (Å²) in [5.74, 6) is 0. The molecule has 2 N–H and O–H groups in total. The Bertz CT molecular complexity index is 373. The van der Waals surface area contributed by atoms with Crippen molar-refractivity contribution < 1.29 is 8.42 Å². The van der Waals surface area contributed by atoms with E-state index in [1.54, 1.807) is 0 Å². The first kappa shape index (κ1) is 12.2. The van der Waals surface area contributed by atoms with Crippen molar-refractivity contribution in [1.82, 2.24) is 19.8 Å². The van der Waals surface area contributed by atoms with E-state index in [2.05, 4.69) is 14.9 Å². The molecule has 0 aliphatic carbocycles. The van der Waals surface area contributed by atoms with Gasteiger partial charge in [0, 0.05) is 13.1 Å². The van der Waals surface area contributed by atoms with Crippen molar-refractivity contribution in [2.24, 2.45) is 0 Å². The van der Waals surface area contributed by atoms with Gasteiger partial charge in [0.25, 0.3) is 10.0 Å². The molecule has 0 radical (unpaired) electrons. The Kier molecular flexibility index (Phi) is 4.25. The zero-order chi connectivity index (χ0) is 11.3. The normalized spacial score (nSPS) is 12.2. The largest absolute Gasteiger partial charge is 0.305 e. The van der Waals surface area contributed by atoms with Crippen LogP contribution in [0.2, 0.25) is 0 Å². The number of H-pyrrole nitrogens is 1. The molecule has 0 bridgehead atoms. The molecule has 1 aromatic rings. The number of sulfonamides is 1. The van der Waals surface area contributed by atoms with Crippen LogP contribution >= 0.6 is 0 Å². The smallest absolute Gasteiger partial charge is 0.257 e. The second kappa shape index (κ2) is 5.24. The number of likely N-dealkylation sites (N-methyl/N-ethyl adjacent to an activating group) is 1. The second-order valence-corrected chi connectivity index (χ2v) is 4.95. The Morgan fingerprint density at radius 1 is 1.60 bits per heavy atom. The molecule has 0 amide bonds. The van der Waals surface area contributed by atoms with E-state index in [-0.39, 0.29) is 5.03 Å². The average Bonchev–Trinajstić information content (AvgIpc) is 2.70. The van der Waals surface area contributed by atoms with Gasteiger partial charge < -0.3 is 4.90 Å². The minimum Gasteiger partial charge on any atom is -0.305 e. The van der Waals surface area contributed by atoms with Crippen LogP contribution in [0.5, 0.6) is 0 Å². The first-order valence-corrected chi connectivity index (χ1v) is 6.22. The van der Waals surface area contributed by atoms with E-state index in [4.69, 9.17) is 0 Å². The zero-order valence-corrected chi connectivity index (χ0v) is 9.71. The molecule has 0 spiro atoms. The van der Waals surface area contributed by atoms with Gasteiger partial charge in [0.1, 0.15) is 0 Å². The molecule has 0 unspecified atom stereocenters. The Balaban J connectivity index is 2.45. The average molecular weight is 232 g/mol. The molecule has 1 aromatic heterocycles. The van der Waals surface area contributed by atoms with E-state index in [0.717, 1.165) is 6.54 Å². The summed E-state index contributed by atoms with van der Waals surface area (Å²) in [7, 11) is -1.48. The van der Waals surface area contributed by atoms with Gasteiger partial charge in [0.2, 0.25) is 0 Å². The summed E-state index contributed by atoms with van der Waals surface area (Å²) in [5.41, 5.74) is 0. The lowest BCUT2D eigenvalue weighted by Crippen LogP contribution is -2.33. The number of aromatic amines is 1. The number of rotatable bonds is 6. The van der Waals surface area contributed by atoms with Gasteiger partial charge >= 0.3 is 0 Å². The maximum Gasteiger partial charge on any atom is 0.257 e. The molecular formula is C8H16N4O2S. The lowest BCUT2D eigenvalue weighted by Gasteiger charge is -2.13. The molecule has 0 atom stereocenters. The zero-order valence-electron chi connectivity index (χ0n) is 8.90. The number of nitrogens with one attached hydrogen (secondary N) is 2.